The predicted octanol–water partition coefficient (Wildman–Crippen LogP) is 1.62. The first-order chi connectivity index (χ1) is 5.55. The Balaban J connectivity index is 4.34. The molecule has 0 unspecified atom stereocenters. The Labute approximate surface area is 67.5 Å². The van der Waals surface area contributed by atoms with Crippen molar-refractivity contribution >= 4 is 11.6 Å². The van der Waals surface area contributed by atoms with Gasteiger partial charge in [0.2, 0.25) is 5.78 Å². The van der Waals surface area contributed by atoms with Gasteiger partial charge in [0.25, 0.3) is 0 Å². The van der Waals surface area contributed by atoms with Crippen LogP contribution in [0.3, 0.4) is 0 Å². The van der Waals surface area contributed by atoms with E-state index in [1.807, 2.05) is 0 Å². The first-order valence-electron chi connectivity index (χ1n) is 2.77. The van der Waals surface area contributed by atoms with Crippen LogP contribution in [-0.4, -0.2) is 28.7 Å². The quantitative estimate of drug-likeness (QED) is 0.386. The van der Waals surface area contributed by atoms with Crippen LogP contribution in [0.25, 0.3) is 0 Å². The molecule has 0 spiro atoms. The smallest absolute Gasteiger partial charge is 0.289 e. The van der Waals surface area contributed by atoms with E-state index in [0.29, 0.717) is 0 Å². The molecule has 0 aromatic carbocycles. The van der Waals surface area contributed by atoms with E-state index < -0.39 is 30.3 Å². The van der Waals surface area contributed by atoms with E-state index in [1.54, 1.807) is 0 Å². The Morgan fingerprint density at radius 2 is 1.38 bits per heavy atom. The van der Waals surface area contributed by atoms with Gasteiger partial charge in [-0.25, -0.2) is 0 Å². The summed E-state index contributed by atoms with van der Waals surface area (Å²) in [6, 6.07) is 0. The van der Waals surface area contributed by atoms with Crippen molar-refractivity contribution in [2.24, 2.45) is 0 Å². The lowest BCUT2D eigenvalue weighted by molar-refractivity contribution is -0.170. The topological polar surface area (TPSA) is 38.5 Å². The van der Waals surface area contributed by atoms with Gasteiger partial charge >= 0.3 is 18.1 Å². The molecule has 0 aliphatic carbocycles. The molecule has 0 saturated carbocycles. The highest BCUT2D eigenvalue weighted by molar-refractivity contribution is 6.04. The van der Waals surface area contributed by atoms with Gasteiger partial charge in [-0.05, 0) is 0 Å². The number of hydrogen-bond acceptors (Lipinski definition) is 1. The van der Waals surface area contributed by atoms with Crippen molar-refractivity contribution in [3.05, 3.63) is 0 Å². The van der Waals surface area contributed by atoms with Crippen LogP contribution in [0.1, 0.15) is 6.42 Å². The van der Waals surface area contributed by atoms with Gasteiger partial charge in [0, 0.05) is 0 Å². The Morgan fingerprint density at radius 3 is 1.62 bits per heavy atom. The van der Waals surface area contributed by atoms with Gasteiger partial charge in [0.05, 0.1) is 0 Å². The van der Waals surface area contributed by atoms with Crippen LogP contribution in [0.5, 0.6) is 0 Å². The number of carbonyl (C=O) groups is 1. The summed E-state index contributed by atoms with van der Waals surface area (Å²) >= 11 is 0. The molecule has 0 amide bonds. The Hall–Kier alpha value is -1.08. The van der Waals surface area contributed by atoms with Crippen molar-refractivity contribution in [1.29, 1.82) is 0 Å². The Bertz CT molecular complexity index is 200. The molecule has 0 rings (SSSR count). The summed E-state index contributed by atoms with van der Waals surface area (Å²) in [5.41, 5.74) is 0. The van der Waals surface area contributed by atoms with Crippen molar-refractivity contribution in [3.8, 4) is 0 Å². The molecular formula is C5H3F6O2+. The van der Waals surface area contributed by atoms with Crippen LogP contribution in [0.2, 0.25) is 0 Å². The molecule has 0 saturated heterocycles. The molecule has 0 bridgehead atoms. The van der Waals surface area contributed by atoms with E-state index in [2.05, 4.69) is 0 Å². The molecule has 1 N–H and O–H groups in total. The number of Topliss-reactive ketones (excluding diaryl/α,β-unsaturated/α-hetero) is 1. The maximum absolute atomic E-state index is 11.4. The zero-order chi connectivity index (χ0) is 10.9. The molecule has 0 fully saturated rings. The summed E-state index contributed by atoms with van der Waals surface area (Å²) in [5, 5.41) is 0. The lowest BCUT2D eigenvalue weighted by atomic mass is 10.2. The molecule has 0 radical (unpaired) electrons. The molecule has 76 valence electrons. The fraction of sp³-hybridized carbons (Fsp3) is 0.600. The lowest BCUT2D eigenvalue weighted by Crippen LogP contribution is -2.31. The van der Waals surface area contributed by atoms with Crippen molar-refractivity contribution in [2.45, 2.75) is 18.8 Å². The second-order valence-electron chi connectivity index (χ2n) is 2.04. The summed E-state index contributed by atoms with van der Waals surface area (Å²) in [6.07, 6.45) is -12.7. The van der Waals surface area contributed by atoms with Gasteiger partial charge < -0.3 is 0 Å². The SMILES string of the molecule is O=C(CC(=[OH+])C(F)(F)F)C(F)(F)F. The van der Waals surface area contributed by atoms with Crippen molar-refractivity contribution < 1.29 is 35.9 Å². The number of ketones is 2. The van der Waals surface area contributed by atoms with Gasteiger partial charge in [-0.2, -0.15) is 26.3 Å². The van der Waals surface area contributed by atoms with E-state index >= 15 is 0 Å². The minimum atomic E-state index is -5.36. The molecule has 13 heavy (non-hydrogen) atoms. The first kappa shape index (κ1) is 11.9. The first-order valence-corrected chi connectivity index (χ1v) is 2.77. The summed E-state index contributed by atoms with van der Waals surface area (Å²) in [4.78, 5) is 17.9. The van der Waals surface area contributed by atoms with Crippen LogP contribution in [-0.2, 0) is 4.79 Å². The van der Waals surface area contributed by atoms with Gasteiger partial charge in [-0.3, -0.25) is 9.59 Å². The number of rotatable bonds is 2. The second kappa shape index (κ2) is 3.35. The fourth-order valence-electron chi connectivity index (χ4n) is 0.353. The molecule has 2 nitrogen and oxygen atoms in total. The van der Waals surface area contributed by atoms with Gasteiger partial charge in [-0.15, -0.1) is 0 Å². The van der Waals surface area contributed by atoms with E-state index in [9.17, 15) is 31.1 Å². The van der Waals surface area contributed by atoms with Gasteiger partial charge in [0.15, 0.2) is 0 Å². The van der Waals surface area contributed by atoms with Gasteiger partial charge in [0.1, 0.15) is 6.42 Å². The van der Waals surface area contributed by atoms with E-state index in [0.717, 1.165) is 0 Å². The second-order valence-corrected chi connectivity index (χ2v) is 2.04. The van der Waals surface area contributed by atoms with Crippen molar-refractivity contribution in [2.75, 3.05) is 0 Å². The molecule has 0 heterocycles. The zero-order valence-corrected chi connectivity index (χ0v) is 5.83. The molecule has 8 heteroatoms. The van der Waals surface area contributed by atoms with Gasteiger partial charge in [-0.1, -0.05) is 0 Å². The molecule has 0 aromatic rings. The molecule has 0 atom stereocenters. The van der Waals surface area contributed by atoms with Crippen LogP contribution in [0, 0.1) is 0 Å². The predicted molar refractivity (Wildman–Crippen MR) is 28.7 cm³/mol. The maximum atomic E-state index is 11.4. The third-order valence-electron chi connectivity index (χ3n) is 0.971. The fourth-order valence-corrected chi connectivity index (χ4v) is 0.353. The summed E-state index contributed by atoms with van der Waals surface area (Å²) in [5.74, 6) is -5.09. The van der Waals surface area contributed by atoms with Crippen molar-refractivity contribution in [3.63, 3.8) is 0 Å². The monoisotopic (exact) mass is 209 g/mol. The standard InChI is InChI=1S/C5H2F6O2/c6-4(7,8)2(12)1-3(13)5(9,10)11/h1H2/p+1. The zero-order valence-electron chi connectivity index (χ0n) is 5.83. The van der Waals surface area contributed by atoms with Crippen LogP contribution < -0.4 is 0 Å². The third-order valence-corrected chi connectivity index (χ3v) is 0.971. The normalized spacial score (nSPS) is 12.8. The minimum Gasteiger partial charge on any atom is -0.289 e. The number of halogens is 6. The largest absolute Gasteiger partial charge is 0.504 e. The third kappa shape index (κ3) is 3.90. The number of carbonyl (C=O) groups excluding carboxylic acids is 2. The molecule has 0 aliphatic heterocycles. The minimum absolute atomic E-state index is 2.08. The summed E-state index contributed by atoms with van der Waals surface area (Å²) in [7, 11) is 0. The van der Waals surface area contributed by atoms with E-state index in [-0.39, 0.29) is 0 Å². The van der Waals surface area contributed by atoms with Crippen molar-refractivity contribution in [1.82, 2.24) is 0 Å². The van der Waals surface area contributed by atoms with Crippen LogP contribution in [0.15, 0.2) is 0 Å². The average molecular weight is 209 g/mol. The van der Waals surface area contributed by atoms with E-state index in [4.69, 9.17) is 4.79 Å². The van der Waals surface area contributed by atoms with E-state index in [1.165, 1.54) is 0 Å². The Morgan fingerprint density at radius 1 is 1.00 bits per heavy atom. The number of hydrogen-bond donors (Lipinski definition) is 0. The molecule has 0 aromatic heterocycles. The van der Waals surface area contributed by atoms with Crippen LogP contribution >= 0.6 is 0 Å². The number of alkyl halides is 6. The highest BCUT2D eigenvalue weighted by Gasteiger charge is 2.50. The molecule has 0 aliphatic rings. The summed E-state index contributed by atoms with van der Waals surface area (Å²) < 4.78 is 68.2. The molecular weight excluding hydrogens is 206 g/mol. The lowest BCUT2D eigenvalue weighted by Gasteiger charge is -2.02. The Kier molecular flexibility index (Phi) is 3.07. The maximum Gasteiger partial charge on any atom is 0.504 e. The highest BCUT2D eigenvalue weighted by atomic mass is 19.4. The van der Waals surface area contributed by atoms with Crippen LogP contribution in [0.4, 0.5) is 26.3 Å². The highest BCUT2D eigenvalue weighted by Crippen LogP contribution is 2.23. The summed E-state index contributed by atoms with van der Waals surface area (Å²) in [6.45, 7) is 0. The average Bonchev–Trinajstić information content (AvgIpc) is 1.82.